The fourth-order valence-electron chi connectivity index (χ4n) is 1.17. The highest BCUT2D eigenvalue weighted by Gasteiger charge is 2.74. The van der Waals surface area contributed by atoms with Crippen LogP contribution in [0.1, 0.15) is 5.56 Å². The molecule has 0 spiro atoms. The fourth-order valence-corrected chi connectivity index (χ4v) is 2.49. The van der Waals surface area contributed by atoms with E-state index >= 15 is 0 Å². The first-order valence-electron chi connectivity index (χ1n) is 4.16. The molecule has 0 fully saturated rings. The molecule has 0 heterocycles. The molecule has 11 heteroatoms. The fraction of sp³-hybridized carbons (Fsp3) is 0.375. The Morgan fingerprint density at radius 2 is 1.16 bits per heavy atom. The Morgan fingerprint density at radius 3 is 1.42 bits per heavy atom. The minimum absolute atomic E-state index is 0.545. The monoisotopic (exact) mass is 358 g/mol. The van der Waals surface area contributed by atoms with Crippen LogP contribution >= 0.6 is 49.3 Å². The van der Waals surface area contributed by atoms with Crippen LogP contribution in [0.3, 0.4) is 0 Å². The van der Waals surface area contributed by atoms with Crippen molar-refractivity contribution < 1.29 is 30.7 Å². The summed E-state index contributed by atoms with van der Waals surface area (Å²) in [7, 11) is 0. The summed E-state index contributed by atoms with van der Waals surface area (Å²) in [6.07, 6.45) is -6.46. The molecule has 0 aliphatic heterocycles. The molecule has 106 valence electrons. The van der Waals surface area contributed by atoms with E-state index in [0.717, 1.165) is 0 Å². The van der Waals surface area contributed by atoms with E-state index in [1.54, 1.807) is 0 Å². The van der Waals surface area contributed by atoms with E-state index in [1.165, 1.54) is 0 Å². The van der Waals surface area contributed by atoms with Crippen LogP contribution in [-0.4, -0.2) is 12.1 Å². The van der Waals surface area contributed by atoms with Crippen molar-refractivity contribution in [2.24, 2.45) is 0 Å². The quantitative estimate of drug-likeness (QED) is 0.431. The molecule has 0 unspecified atom stereocenters. The molecule has 0 aliphatic rings. The molecule has 0 saturated heterocycles. The van der Waals surface area contributed by atoms with Crippen LogP contribution in [-0.2, 0) is 5.92 Å². The van der Waals surface area contributed by atoms with E-state index in [0.29, 0.717) is 0 Å². The summed E-state index contributed by atoms with van der Waals surface area (Å²) >= 11 is 16.7. The first kappa shape index (κ1) is 16.9. The first-order valence-corrected chi connectivity index (χ1v) is 5.83. The molecule has 0 N–H and O–H groups in total. The van der Waals surface area contributed by atoms with Crippen molar-refractivity contribution in [1.82, 2.24) is 0 Å². The van der Waals surface area contributed by atoms with Gasteiger partial charge < -0.3 is 0 Å². The Labute approximate surface area is 122 Å². The summed E-state index contributed by atoms with van der Waals surface area (Å²) in [6.45, 7) is 0. The zero-order valence-electron chi connectivity index (χ0n) is 8.32. The van der Waals surface area contributed by atoms with Crippen LogP contribution in [0.25, 0.3) is 0 Å². The number of halogens is 7. The highest BCUT2D eigenvalue weighted by molar-refractivity contribution is 7.81. The summed E-state index contributed by atoms with van der Waals surface area (Å²) in [6, 6.07) is 0. The van der Waals surface area contributed by atoms with Gasteiger partial charge in [-0.2, -0.15) is 30.7 Å². The van der Waals surface area contributed by atoms with Crippen molar-refractivity contribution in [3.8, 4) is 0 Å². The van der Waals surface area contributed by atoms with Gasteiger partial charge in [-0.1, -0.05) is 36.7 Å². The average Bonchev–Trinajstić information content (AvgIpc) is 2.41. The Hall–Kier alpha value is -0.130. The van der Waals surface area contributed by atoms with Crippen molar-refractivity contribution in [1.29, 1.82) is 0 Å². The first-order chi connectivity index (χ1) is 8.26. The second-order valence-corrected chi connectivity index (χ2v) is 5.03. The minimum Gasteiger partial charge on any atom is -0.194 e. The van der Waals surface area contributed by atoms with E-state index in [-0.39, 0.29) is 0 Å². The standard InChI is InChI=1S/C8HF7S4/c9-6(10,7(11,12)8(13,14)15)1-2(16)4(18)5(19)3(1)17/h16H. The van der Waals surface area contributed by atoms with Crippen LogP contribution in [0.15, 0.2) is 4.90 Å². The molecule has 0 amide bonds. The van der Waals surface area contributed by atoms with Crippen molar-refractivity contribution in [3.05, 3.63) is 19.1 Å². The van der Waals surface area contributed by atoms with Gasteiger partial charge in [0.2, 0.25) is 0 Å². The highest BCUT2D eigenvalue weighted by atomic mass is 32.1. The Bertz CT molecular complexity index is 650. The van der Waals surface area contributed by atoms with Gasteiger partial charge in [-0.15, -0.1) is 12.6 Å². The van der Waals surface area contributed by atoms with Crippen molar-refractivity contribution in [2.45, 2.75) is 22.9 Å². The van der Waals surface area contributed by atoms with Gasteiger partial charge in [-0.05, 0) is 0 Å². The molecule has 1 aromatic rings. The SMILES string of the molecule is FC(F)(F)C(F)(F)C(F)(F)c1c(S)c(=S)c(=S)c1=S. The maximum atomic E-state index is 13.5. The lowest BCUT2D eigenvalue weighted by atomic mass is 10.0. The van der Waals surface area contributed by atoms with Crippen LogP contribution in [0, 0.1) is 13.5 Å². The molecule has 0 saturated carbocycles. The van der Waals surface area contributed by atoms with E-state index in [4.69, 9.17) is 0 Å². The van der Waals surface area contributed by atoms with E-state index in [9.17, 15) is 30.7 Å². The number of hydrogen-bond acceptors (Lipinski definition) is 4. The van der Waals surface area contributed by atoms with Crippen molar-refractivity contribution in [2.75, 3.05) is 0 Å². The van der Waals surface area contributed by atoms with E-state index < -0.39 is 42.0 Å². The number of thiol groups is 1. The molecule has 0 aromatic heterocycles. The third-order valence-electron chi connectivity index (χ3n) is 2.16. The maximum absolute atomic E-state index is 13.5. The molecular formula is C8HF7S4. The van der Waals surface area contributed by atoms with Crippen molar-refractivity contribution >= 4 is 49.3 Å². The topological polar surface area (TPSA) is 0 Å². The normalized spacial score (nSPS) is 13.9. The molecule has 19 heavy (non-hydrogen) atoms. The third kappa shape index (κ3) is 2.34. The maximum Gasteiger partial charge on any atom is 0.460 e. The predicted molar refractivity (Wildman–Crippen MR) is 63.5 cm³/mol. The summed E-state index contributed by atoms with van der Waals surface area (Å²) in [5, 5.41) is 0. The molecule has 0 radical (unpaired) electrons. The predicted octanol–water partition coefficient (Wildman–Crippen LogP) is 5.33. The molecule has 1 rings (SSSR count). The molecular weight excluding hydrogens is 357 g/mol. The van der Waals surface area contributed by atoms with Gasteiger partial charge in [0, 0.05) is 4.90 Å². The van der Waals surface area contributed by atoms with Crippen LogP contribution < -0.4 is 0 Å². The van der Waals surface area contributed by atoms with Gasteiger partial charge in [0.1, 0.15) is 0 Å². The summed E-state index contributed by atoms with van der Waals surface area (Å²) < 4.78 is 86.7. The number of rotatable bonds is 2. The van der Waals surface area contributed by atoms with Crippen LogP contribution in [0.4, 0.5) is 30.7 Å². The number of alkyl halides is 7. The van der Waals surface area contributed by atoms with Gasteiger partial charge in [-0.3, -0.25) is 0 Å². The zero-order valence-corrected chi connectivity index (χ0v) is 11.7. The van der Waals surface area contributed by atoms with Crippen molar-refractivity contribution in [3.63, 3.8) is 0 Å². The second-order valence-electron chi connectivity index (χ2n) is 3.36. The lowest BCUT2D eigenvalue weighted by Gasteiger charge is -2.28. The lowest BCUT2D eigenvalue weighted by molar-refractivity contribution is -0.360. The Morgan fingerprint density at radius 1 is 0.737 bits per heavy atom. The van der Waals surface area contributed by atoms with Gasteiger partial charge >= 0.3 is 18.0 Å². The van der Waals surface area contributed by atoms with Gasteiger partial charge in [0.25, 0.3) is 0 Å². The Kier molecular flexibility index (Phi) is 4.19. The summed E-state index contributed by atoms with van der Waals surface area (Å²) in [5.74, 6) is -11.9. The molecule has 1 aromatic carbocycles. The number of hydrogen-bond donors (Lipinski definition) is 1. The van der Waals surface area contributed by atoms with Gasteiger partial charge in [0.15, 0.2) is 0 Å². The molecule has 0 bridgehead atoms. The largest absolute Gasteiger partial charge is 0.460 e. The zero-order chi connectivity index (χ0) is 15.4. The minimum atomic E-state index is -6.46. The third-order valence-corrected chi connectivity index (χ3v) is 4.24. The van der Waals surface area contributed by atoms with Crippen LogP contribution in [0.5, 0.6) is 0 Å². The van der Waals surface area contributed by atoms with Gasteiger partial charge in [0.05, 0.1) is 19.1 Å². The van der Waals surface area contributed by atoms with E-state index in [1.807, 2.05) is 0 Å². The van der Waals surface area contributed by atoms with E-state index in [2.05, 4.69) is 49.3 Å². The Balaban J connectivity index is 3.72. The summed E-state index contributed by atoms with van der Waals surface area (Å²) in [4.78, 5) is -0.932. The molecule has 0 nitrogen and oxygen atoms in total. The second kappa shape index (κ2) is 4.71. The van der Waals surface area contributed by atoms with Gasteiger partial charge in [-0.25, -0.2) is 0 Å². The smallest absolute Gasteiger partial charge is 0.194 e. The lowest BCUT2D eigenvalue weighted by Crippen LogP contribution is -2.50. The molecule has 0 atom stereocenters. The average molecular weight is 358 g/mol. The highest BCUT2D eigenvalue weighted by Crippen LogP contribution is 2.53. The summed E-state index contributed by atoms with van der Waals surface area (Å²) in [5.41, 5.74) is -1.76. The molecule has 0 aliphatic carbocycles. The van der Waals surface area contributed by atoms with Crippen LogP contribution in [0.2, 0.25) is 0 Å².